The number of benzene rings is 10. The zero-order valence-electron chi connectivity index (χ0n) is 55.9. The molecule has 6 heterocycles. The molecule has 104 heavy (non-hydrogen) atoms. The minimum atomic E-state index is -0.693. The molecule has 0 spiro atoms. The van der Waals surface area contributed by atoms with Gasteiger partial charge in [-0.05, 0) is 138 Å². The zero-order chi connectivity index (χ0) is 73.2. The number of hydrogen-bond acceptors (Lipinski definition) is 11. The Hall–Kier alpha value is -11.5. The van der Waals surface area contributed by atoms with Crippen molar-refractivity contribution in [1.82, 2.24) is 28.7 Å². The first-order chi connectivity index (χ1) is 50.1. The van der Waals surface area contributed by atoms with Crippen molar-refractivity contribution in [2.75, 3.05) is 22.6 Å². The fraction of sp³-hybridized carbons (Fsp3) is 0.139. The number of rotatable bonds is 10. The van der Waals surface area contributed by atoms with Crippen LogP contribution < -0.4 is 32.6 Å². The van der Waals surface area contributed by atoms with E-state index in [1.54, 1.807) is 94.3 Å². The van der Waals surface area contributed by atoms with Crippen molar-refractivity contribution in [3.63, 3.8) is 0 Å². The van der Waals surface area contributed by atoms with Crippen molar-refractivity contribution in [2.24, 2.45) is 29.1 Å². The number of aromatic nitrogens is 6. The molecule has 13 aromatic rings. The van der Waals surface area contributed by atoms with Gasteiger partial charge in [-0.3, -0.25) is 43.1 Å². The Labute approximate surface area is 617 Å². The number of carbonyl (C=O) groups excluding carboxylic acids is 5. The van der Waals surface area contributed by atoms with E-state index in [9.17, 15) is 28.8 Å². The van der Waals surface area contributed by atoms with Crippen LogP contribution in [-0.2, 0) is 63.9 Å². The van der Waals surface area contributed by atoms with Crippen LogP contribution in [0.5, 0.6) is 0 Å². The lowest BCUT2D eigenvalue weighted by Crippen LogP contribution is -2.36. The van der Waals surface area contributed by atoms with Gasteiger partial charge in [-0.25, -0.2) is 14.4 Å². The lowest BCUT2D eigenvalue weighted by atomic mass is 9.99. The third-order valence-corrected chi connectivity index (χ3v) is 19.8. The van der Waals surface area contributed by atoms with Crippen molar-refractivity contribution >= 4 is 160 Å². The number of likely N-dealkylation sites (N-methyl/N-ethyl adjacent to an activating group) is 1. The number of imidazole rings is 3. The Morgan fingerprint density at radius 3 is 1.35 bits per heavy atom. The van der Waals surface area contributed by atoms with Crippen LogP contribution in [0.15, 0.2) is 230 Å². The van der Waals surface area contributed by atoms with E-state index in [1.165, 1.54) is 0 Å². The maximum absolute atomic E-state index is 13.7. The van der Waals surface area contributed by atoms with Crippen LogP contribution in [-0.4, -0.2) is 94.8 Å². The van der Waals surface area contributed by atoms with Gasteiger partial charge in [0.25, 0.3) is 5.91 Å². The molecule has 3 aromatic heterocycles. The van der Waals surface area contributed by atoms with E-state index in [1.807, 2.05) is 122 Å². The van der Waals surface area contributed by atoms with Crippen molar-refractivity contribution in [1.29, 1.82) is 0 Å². The topological polar surface area (TPSA) is 263 Å². The number of carbonyl (C=O) groups is 3. The predicted octanol–water partition coefficient (Wildman–Crippen LogP) is 14.1. The number of hydrogen-bond donors (Lipinski definition) is 5. The van der Waals surface area contributed by atoms with Gasteiger partial charge in [-0.2, -0.15) is 9.59 Å². The van der Waals surface area contributed by atoms with Gasteiger partial charge < -0.3 is 30.5 Å². The third-order valence-electron chi connectivity index (χ3n) is 18.3. The molecule has 0 fully saturated rings. The van der Waals surface area contributed by atoms with E-state index < -0.39 is 18.1 Å². The second-order valence-electron chi connectivity index (χ2n) is 24.8. The maximum Gasteiger partial charge on any atom is 0.373 e. The molecule has 3 aliphatic heterocycles. The first-order valence-electron chi connectivity index (χ1n) is 32.7. The highest BCUT2D eigenvalue weighted by molar-refractivity contribution is 6.34. The monoisotopic (exact) mass is 1480 g/mol. The Balaban J connectivity index is 0.000000136. The number of amides is 3. The molecule has 16 rings (SSSR count). The van der Waals surface area contributed by atoms with Crippen molar-refractivity contribution in [2.45, 2.75) is 50.9 Å². The van der Waals surface area contributed by atoms with Gasteiger partial charge in [0.2, 0.25) is 11.8 Å². The summed E-state index contributed by atoms with van der Waals surface area (Å²) < 4.78 is 4.78. The number of H-pyrrole nitrogens is 3. The Morgan fingerprint density at radius 2 is 0.846 bits per heavy atom. The van der Waals surface area contributed by atoms with E-state index in [0.717, 1.165) is 88.5 Å². The molecule has 0 saturated heterocycles. The molecule has 0 bridgehead atoms. The van der Waals surface area contributed by atoms with Gasteiger partial charge in [0.05, 0.1) is 67.3 Å². The number of fused-ring (bicyclic) bond motifs is 7. The maximum atomic E-state index is 13.7. The summed E-state index contributed by atoms with van der Waals surface area (Å²) in [7, 11) is 5.19. The molecule has 3 unspecified atom stereocenters. The van der Waals surface area contributed by atoms with Crippen LogP contribution in [0.2, 0.25) is 25.1 Å². The number of nitrogens with one attached hydrogen (secondary N) is 5. The molecule has 3 atom stereocenters. The summed E-state index contributed by atoms with van der Waals surface area (Å²) in [5, 5.41) is 11.0. The van der Waals surface area contributed by atoms with Crippen LogP contribution >= 0.6 is 58.0 Å². The highest BCUT2D eigenvalue weighted by Crippen LogP contribution is 2.35. The average molecular weight is 1480 g/mol. The van der Waals surface area contributed by atoms with E-state index in [-0.39, 0.29) is 40.9 Å². The molecule has 5 N–H and O–H groups in total. The number of halogens is 5. The zero-order valence-corrected chi connectivity index (χ0v) is 59.7. The van der Waals surface area contributed by atoms with Gasteiger partial charge in [0, 0.05) is 105 Å². The first-order valence-corrected chi connectivity index (χ1v) is 34.6. The molecule has 520 valence electrons. The predicted molar refractivity (Wildman–Crippen MR) is 412 cm³/mol. The molecule has 20 nitrogen and oxygen atoms in total. The average Bonchev–Trinajstić information content (AvgIpc) is 1.66. The third kappa shape index (κ3) is 14.7. The van der Waals surface area contributed by atoms with Crippen LogP contribution in [0.25, 0.3) is 43.9 Å². The molecule has 25 heteroatoms. The SMILES string of the molecule is CCn1c(=O)[nH]c2ccc(C3=NC(Cc4ccc5ccccc5c4)C(=O)N(C)c4ccc(Cl)cc43)cc21.Cn1c(=O)[nH]c2ccc(C3=NC(Cc4ccccc4Cl)C(=O)Nc4ccc(Cl)cc43)cc21.Cn1c(=O)[nH]c2ccc(C3=NC(Cc4ccccc4Cl)C(=O)Nc4ccc(Cl)cc43)cc21.O=C=O. The van der Waals surface area contributed by atoms with Gasteiger partial charge in [0.1, 0.15) is 18.1 Å². The first kappa shape index (κ1) is 70.9. The van der Waals surface area contributed by atoms with Gasteiger partial charge in [0.15, 0.2) is 0 Å². The summed E-state index contributed by atoms with van der Waals surface area (Å²) in [6.07, 6.45) is 1.41. The molecule has 3 aliphatic rings. The van der Waals surface area contributed by atoms with E-state index >= 15 is 0 Å². The molecule has 3 amide bonds. The normalized spacial score (nSPS) is 15.4. The molecule has 0 aliphatic carbocycles. The summed E-state index contributed by atoms with van der Waals surface area (Å²) in [5.74, 6) is -0.530. The van der Waals surface area contributed by atoms with Crippen LogP contribution in [0, 0.1) is 0 Å². The standard InChI is InChI=1S/C30H25ClN4O2.2C24H18Cl2N4O2.CO2/c1-3-35-27-16-21(10-12-24(27)33-30(35)37)28-23-17-22(31)11-13-26(23)34(2)29(36)25(32-28)15-18-8-9-19-6-4-5-7-20(19)14-18;2*1-30-21-11-14(6-8-19(21)29-24(30)32)22-16-12-15(25)7-9-18(16)28-23(31)20(27-22)10-13-4-2-3-5-17(13)26;2-1-3/h4-14,16-17,25H,3,15H2,1-2H3,(H,33,37);2*2-9,11-12,20H,10H2,1H3,(H,28,31)(H,29,32);. The summed E-state index contributed by atoms with van der Waals surface area (Å²) >= 11 is 31.7. The second-order valence-corrected chi connectivity index (χ2v) is 26.9. The fourth-order valence-corrected chi connectivity index (χ4v) is 14.0. The number of nitrogens with zero attached hydrogens (tertiary/aromatic N) is 7. The number of aromatic amines is 3. The van der Waals surface area contributed by atoms with Crippen molar-refractivity contribution in [3.05, 3.63) is 307 Å². The van der Waals surface area contributed by atoms with Crippen molar-refractivity contribution < 1.29 is 24.0 Å². The summed E-state index contributed by atoms with van der Waals surface area (Å²) in [6.45, 7) is 2.48. The van der Waals surface area contributed by atoms with Gasteiger partial charge >= 0.3 is 23.2 Å². The van der Waals surface area contributed by atoms with E-state index in [2.05, 4.69) is 55.9 Å². The van der Waals surface area contributed by atoms with Crippen LogP contribution in [0.4, 0.5) is 17.1 Å². The number of benzodiazepines with no additional fused rings is 3. The van der Waals surface area contributed by atoms with Gasteiger partial charge in [-0.15, -0.1) is 0 Å². The Morgan fingerprint density at radius 1 is 0.423 bits per heavy atom. The number of aryl methyl sites for hydroxylation is 3. The van der Waals surface area contributed by atoms with Crippen LogP contribution in [0.1, 0.15) is 57.0 Å². The molecule has 0 radical (unpaired) electrons. The fourth-order valence-electron chi connectivity index (χ4n) is 13.0. The largest absolute Gasteiger partial charge is 0.373 e. The molecule has 10 aromatic carbocycles. The smallest absolute Gasteiger partial charge is 0.324 e. The summed E-state index contributed by atoms with van der Waals surface area (Å²) in [5.41, 5.74) is 15.2. The van der Waals surface area contributed by atoms with Crippen molar-refractivity contribution in [3.8, 4) is 0 Å². The number of anilines is 3. The highest BCUT2D eigenvalue weighted by Gasteiger charge is 2.33. The number of aliphatic imine (C=N–C) groups is 3. The molecular formula is C79H61Cl5N12O8. The minimum absolute atomic E-state index is 0.0834. The Bertz CT molecular complexity index is 5730. The van der Waals surface area contributed by atoms with Gasteiger partial charge in [-0.1, -0.05) is 155 Å². The van der Waals surface area contributed by atoms with E-state index in [0.29, 0.717) is 90.6 Å². The lowest BCUT2D eigenvalue weighted by Gasteiger charge is -2.20. The van der Waals surface area contributed by atoms with E-state index in [4.69, 9.17) is 82.6 Å². The highest BCUT2D eigenvalue weighted by atomic mass is 35.5. The Kier molecular flexibility index (Phi) is 20.6. The summed E-state index contributed by atoms with van der Waals surface area (Å²) in [4.78, 5) is 118. The summed E-state index contributed by atoms with van der Waals surface area (Å²) in [6, 6.07) is 60.3. The quantitative estimate of drug-likeness (QED) is 0.0877. The molecule has 0 saturated carbocycles. The van der Waals surface area contributed by atoms with Crippen LogP contribution in [0.3, 0.4) is 0 Å². The second kappa shape index (κ2) is 30.2. The minimum Gasteiger partial charge on any atom is -0.324 e. The molecular weight excluding hydrogens is 1420 g/mol. The lowest BCUT2D eigenvalue weighted by molar-refractivity contribution is -0.191.